The van der Waals surface area contributed by atoms with Crippen molar-refractivity contribution in [2.75, 3.05) is 13.1 Å². The summed E-state index contributed by atoms with van der Waals surface area (Å²) in [5, 5.41) is 12.8. The van der Waals surface area contributed by atoms with Crippen molar-refractivity contribution in [3.05, 3.63) is 90.6 Å². The number of fused-ring (bicyclic) bond motifs is 4. The zero-order valence-electron chi connectivity index (χ0n) is 16.8. The Morgan fingerprint density at radius 1 is 1.10 bits per heavy atom. The molecule has 5 atom stereocenters. The summed E-state index contributed by atoms with van der Waals surface area (Å²) in [6.07, 6.45) is 5.79. The Morgan fingerprint density at radius 3 is 2.72 bits per heavy atom. The number of rotatable bonds is 5. The van der Waals surface area contributed by atoms with Crippen molar-refractivity contribution in [1.82, 2.24) is 4.98 Å². The monoisotopic (exact) mass is 385 g/mol. The molecule has 1 aromatic heterocycles. The molecule has 0 radical (unpaired) electrons. The molecule has 0 amide bonds. The first-order valence-electron chi connectivity index (χ1n) is 10.7. The lowest BCUT2D eigenvalue weighted by Crippen LogP contribution is -2.67. The molecular weight excluding hydrogens is 356 g/mol. The molecule has 3 nitrogen and oxygen atoms in total. The Kier molecular flexibility index (Phi) is 4.73. The first-order valence-corrected chi connectivity index (χ1v) is 10.7. The summed E-state index contributed by atoms with van der Waals surface area (Å²) in [4.78, 5) is 4.50. The molecule has 1 N–H and O–H groups in total. The molecule has 4 heterocycles. The maximum Gasteiger partial charge on any atom is 0.131 e. The molecule has 3 saturated heterocycles. The molecule has 3 aliphatic rings. The molecule has 0 aliphatic carbocycles. The number of nitrogens with zero attached hydrogens (tertiary/aromatic N) is 2. The Balaban J connectivity index is 1.56. The summed E-state index contributed by atoms with van der Waals surface area (Å²) in [6.45, 7) is 7.32. The van der Waals surface area contributed by atoms with Gasteiger partial charge in [-0.25, -0.2) is 0 Å². The van der Waals surface area contributed by atoms with Gasteiger partial charge in [0.1, 0.15) is 18.7 Å². The van der Waals surface area contributed by atoms with E-state index in [-0.39, 0.29) is 6.04 Å². The van der Waals surface area contributed by atoms with E-state index in [0.29, 0.717) is 11.8 Å². The first-order chi connectivity index (χ1) is 14.2. The van der Waals surface area contributed by atoms with Gasteiger partial charge in [0.05, 0.1) is 18.6 Å². The van der Waals surface area contributed by atoms with Gasteiger partial charge in [0.2, 0.25) is 0 Å². The number of para-hydroxylation sites is 1. The molecule has 0 saturated carbocycles. The maximum absolute atomic E-state index is 11.7. The van der Waals surface area contributed by atoms with E-state index < -0.39 is 6.10 Å². The minimum atomic E-state index is -0.486. The fraction of sp³-hybridized carbons (Fsp3) is 0.346. The van der Waals surface area contributed by atoms with Crippen LogP contribution in [0.15, 0.2) is 79.5 Å². The van der Waals surface area contributed by atoms with Crippen LogP contribution in [0, 0.1) is 11.8 Å². The van der Waals surface area contributed by atoms with E-state index in [4.69, 9.17) is 0 Å². The van der Waals surface area contributed by atoms with E-state index >= 15 is 0 Å². The van der Waals surface area contributed by atoms with Gasteiger partial charge in [-0.3, -0.25) is 4.98 Å². The Bertz CT molecular complexity index is 1010. The van der Waals surface area contributed by atoms with Crippen molar-refractivity contribution < 1.29 is 9.59 Å². The standard InChI is InChI=1S/C26H29N2O/c1-2-20-18-28(17-19-8-4-3-5-9-19)15-13-21(20)16-25(28)26(29)23-12-14-27-24-11-7-6-10-22(23)24/h2-12,14,20-21,25-26,29H,1,13,15-18H2/q+1/t20-,21-,25+,26+,28-/m0/s1. The summed E-state index contributed by atoms with van der Waals surface area (Å²) < 4.78 is 0.953. The van der Waals surface area contributed by atoms with Gasteiger partial charge in [0, 0.05) is 35.9 Å². The van der Waals surface area contributed by atoms with Crippen LogP contribution >= 0.6 is 0 Å². The van der Waals surface area contributed by atoms with Crippen LogP contribution in [0.2, 0.25) is 0 Å². The van der Waals surface area contributed by atoms with Gasteiger partial charge in [0.25, 0.3) is 0 Å². The van der Waals surface area contributed by atoms with Crippen molar-refractivity contribution in [2.45, 2.75) is 31.5 Å². The zero-order valence-corrected chi connectivity index (χ0v) is 16.8. The third-order valence-electron chi connectivity index (χ3n) is 7.38. The number of piperidine rings is 3. The Labute approximate surface area is 172 Å². The quantitative estimate of drug-likeness (QED) is 0.502. The van der Waals surface area contributed by atoms with Crippen molar-refractivity contribution in [3.63, 3.8) is 0 Å². The lowest BCUT2D eigenvalue weighted by molar-refractivity contribution is -0.984. The minimum Gasteiger partial charge on any atom is -0.382 e. The molecule has 0 unspecified atom stereocenters. The number of hydrogen-bond donors (Lipinski definition) is 1. The average Bonchev–Trinajstić information content (AvgIpc) is 2.78. The summed E-state index contributed by atoms with van der Waals surface area (Å²) in [5.74, 6) is 1.18. The summed E-state index contributed by atoms with van der Waals surface area (Å²) in [6, 6.07) is 21.2. The predicted molar refractivity (Wildman–Crippen MR) is 117 cm³/mol. The second-order valence-electron chi connectivity index (χ2n) is 8.88. The second kappa shape index (κ2) is 7.40. The number of hydrogen-bond acceptors (Lipinski definition) is 2. The van der Waals surface area contributed by atoms with Crippen LogP contribution in [0.5, 0.6) is 0 Å². The molecule has 6 rings (SSSR count). The largest absolute Gasteiger partial charge is 0.382 e. The highest BCUT2D eigenvalue weighted by atomic mass is 16.3. The highest BCUT2D eigenvalue weighted by Crippen LogP contribution is 2.47. The number of aromatic nitrogens is 1. The molecule has 2 bridgehead atoms. The molecule has 3 heteroatoms. The summed E-state index contributed by atoms with van der Waals surface area (Å²) >= 11 is 0. The van der Waals surface area contributed by atoms with E-state index in [2.05, 4.69) is 54.0 Å². The van der Waals surface area contributed by atoms with Crippen LogP contribution in [0.1, 0.15) is 30.1 Å². The third-order valence-corrected chi connectivity index (χ3v) is 7.38. The normalized spacial score (nSPS) is 29.6. The number of aliphatic hydroxyl groups excluding tert-OH is 1. The lowest BCUT2D eigenvalue weighted by atomic mass is 9.71. The van der Waals surface area contributed by atoms with Gasteiger partial charge in [-0.15, -0.1) is 6.58 Å². The van der Waals surface area contributed by atoms with Gasteiger partial charge < -0.3 is 9.59 Å². The molecule has 2 aromatic carbocycles. The number of pyridine rings is 1. The van der Waals surface area contributed by atoms with E-state index in [0.717, 1.165) is 47.0 Å². The molecular formula is C26H29N2O+. The molecule has 148 valence electrons. The van der Waals surface area contributed by atoms with E-state index in [9.17, 15) is 5.11 Å². The van der Waals surface area contributed by atoms with Crippen LogP contribution in [-0.2, 0) is 6.54 Å². The lowest BCUT2D eigenvalue weighted by Gasteiger charge is -2.58. The van der Waals surface area contributed by atoms with Crippen molar-refractivity contribution in [2.24, 2.45) is 11.8 Å². The zero-order chi connectivity index (χ0) is 19.8. The van der Waals surface area contributed by atoms with Gasteiger partial charge in [-0.1, -0.05) is 54.6 Å². The van der Waals surface area contributed by atoms with Crippen LogP contribution in [0.25, 0.3) is 10.9 Å². The average molecular weight is 386 g/mol. The smallest absolute Gasteiger partial charge is 0.131 e. The predicted octanol–water partition coefficient (Wildman–Crippen LogP) is 4.88. The highest BCUT2D eigenvalue weighted by molar-refractivity contribution is 5.82. The molecule has 3 fully saturated rings. The van der Waals surface area contributed by atoms with Gasteiger partial charge >= 0.3 is 0 Å². The van der Waals surface area contributed by atoms with E-state index in [1.165, 1.54) is 12.0 Å². The van der Waals surface area contributed by atoms with Crippen molar-refractivity contribution in [1.29, 1.82) is 0 Å². The number of aliphatic hydroxyl groups is 1. The topological polar surface area (TPSA) is 33.1 Å². The molecule has 29 heavy (non-hydrogen) atoms. The molecule has 0 spiro atoms. The Hall–Kier alpha value is -2.49. The van der Waals surface area contributed by atoms with Gasteiger partial charge in [-0.05, 0) is 23.6 Å². The summed E-state index contributed by atoms with van der Waals surface area (Å²) in [5.41, 5.74) is 3.33. The van der Waals surface area contributed by atoms with Crippen LogP contribution in [0.4, 0.5) is 0 Å². The number of benzene rings is 2. The third kappa shape index (κ3) is 3.19. The van der Waals surface area contributed by atoms with Gasteiger partial charge in [0.15, 0.2) is 0 Å². The van der Waals surface area contributed by atoms with Crippen LogP contribution in [0.3, 0.4) is 0 Å². The first kappa shape index (κ1) is 18.5. The van der Waals surface area contributed by atoms with Crippen molar-refractivity contribution >= 4 is 10.9 Å². The fourth-order valence-electron chi connectivity index (χ4n) is 5.91. The highest BCUT2D eigenvalue weighted by Gasteiger charge is 2.53. The second-order valence-corrected chi connectivity index (χ2v) is 8.88. The van der Waals surface area contributed by atoms with E-state index in [1.54, 1.807) is 0 Å². The maximum atomic E-state index is 11.7. The molecule has 3 aromatic rings. The van der Waals surface area contributed by atoms with Gasteiger partial charge in [-0.2, -0.15) is 0 Å². The van der Waals surface area contributed by atoms with E-state index in [1.807, 2.05) is 30.5 Å². The summed E-state index contributed by atoms with van der Waals surface area (Å²) in [7, 11) is 0. The number of quaternary nitrogens is 1. The Morgan fingerprint density at radius 2 is 1.90 bits per heavy atom. The molecule has 3 aliphatic heterocycles. The SMILES string of the molecule is C=C[C@H]1C[N@@+]2(Cc3ccccc3)CC[C@H]1C[C@@H]2[C@H](O)c1ccnc2ccccc12. The van der Waals surface area contributed by atoms with Crippen molar-refractivity contribution in [3.8, 4) is 0 Å². The van der Waals surface area contributed by atoms with Crippen LogP contribution < -0.4 is 0 Å². The van der Waals surface area contributed by atoms with Crippen LogP contribution in [-0.4, -0.2) is 33.7 Å². The fourth-order valence-corrected chi connectivity index (χ4v) is 5.91. The minimum absolute atomic E-state index is 0.205.